The second kappa shape index (κ2) is 9.48. The molecule has 0 fully saturated rings. The van der Waals surface area contributed by atoms with E-state index in [1.165, 1.54) is 22.2 Å². The molecule has 2 heterocycles. The van der Waals surface area contributed by atoms with Crippen LogP contribution in [-0.2, 0) is 20.8 Å². The van der Waals surface area contributed by atoms with Crippen molar-refractivity contribution >= 4 is 27.5 Å². The van der Waals surface area contributed by atoms with Crippen LogP contribution in [0.25, 0.3) is 21.3 Å². The van der Waals surface area contributed by atoms with E-state index in [1.54, 1.807) is 0 Å². The monoisotopic (exact) mass is 402 g/mol. The summed E-state index contributed by atoms with van der Waals surface area (Å²) in [5.74, 6) is 0.275. The molecule has 0 radical (unpaired) electrons. The van der Waals surface area contributed by atoms with Gasteiger partial charge in [-0.2, -0.15) is 0 Å². The first-order valence-corrected chi connectivity index (χ1v) is 9.95. The van der Waals surface area contributed by atoms with Crippen molar-refractivity contribution in [1.29, 1.82) is 0 Å². The van der Waals surface area contributed by atoms with Crippen LogP contribution in [0.5, 0.6) is 5.75 Å². The summed E-state index contributed by atoms with van der Waals surface area (Å²) in [4.78, 5) is 29.9. The number of carbonyl (C=O) groups excluding carboxylic acids is 1. The molecular formula is C20H22N2O5S. The van der Waals surface area contributed by atoms with Gasteiger partial charge in [-0.3, -0.25) is 14.2 Å². The van der Waals surface area contributed by atoms with E-state index in [0.717, 1.165) is 16.9 Å². The van der Waals surface area contributed by atoms with Crippen molar-refractivity contribution in [1.82, 2.24) is 9.55 Å². The topological polar surface area (TPSA) is 79.7 Å². The lowest BCUT2D eigenvalue weighted by Crippen LogP contribution is -2.26. The van der Waals surface area contributed by atoms with Gasteiger partial charge in [0.2, 0.25) is 0 Å². The van der Waals surface area contributed by atoms with Crippen molar-refractivity contribution < 1.29 is 19.0 Å². The largest absolute Gasteiger partial charge is 0.494 e. The molecule has 3 rings (SSSR count). The predicted molar refractivity (Wildman–Crippen MR) is 108 cm³/mol. The molecule has 0 atom stereocenters. The van der Waals surface area contributed by atoms with Crippen molar-refractivity contribution in [2.75, 3.05) is 26.4 Å². The maximum Gasteiger partial charge on any atom is 0.326 e. The summed E-state index contributed by atoms with van der Waals surface area (Å²) in [6.45, 7) is 5.25. The van der Waals surface area contributed by atoms with Crippen LogP contribution in [-0.4, -0.2) is 41.9 Å². The van der Waals surface area contributed by atoms with E-state index in [2.05, 4.69) is 4.98 Å². The standard InChI is InChI=1S/C20H22N2O5S/c1-3-25-9-10-27-17(23)11-22-13-21-19-18(20(22)24)16(12-28-19)14-5-7-15(8-6-14)26-4-2/h5-8,12-13H,3-4,9-11H2,1-2H3. The first kappa shape index (κ1) is 20.0. The number of esters is 1. The van der Waals surface area contributed by atoms with Gasteiger partial charge in [-0.1, -0.05) is 12.1 Å². The van der Waals surface area contributed by atoms with Crippen molar-refractivity contribution in [2.45, 2.75) is 20.4 Å². The number of fused-ring (bicyclic) bond motifs is 1. The highest BCUT2D eigenvalue weighted by molar-refractivity contribution is 7.17. The fraction of sp³-hybridized carbons (Fsp3) is 0.350. The molecule has 0 aliphatic heterocycles. The van der Waals surface area contributed by atoms with Gasteiger partial charge in [0.05, 0.1) is 24.9 Å². The molecule has 1 aromatic carbocycles. The Kier molecular flexibility index (Phi) is 6.78. The minimum atomic E-state index is -0.499. The fourth-order valence-corrected chi connectivity index (χ4v) is 3.64. The van der Waals surface area contributed by atoms with Gasteiger partial charge < -0.3 is 14.2 Å². The normalized spacial score (nSPS) is 10.9. The highest BCUT2D eigenvalue weighted by Crippen LogP contribution is 2.31. The highest BCUT2D eigenvalue weighted by Gasteiger charge is 2.15. The van der Waals surface area contributed by atoms with Gasteiger partial charge in [0, 0.05) is 17.6 Å². The van der Waals surface area contributed by atoms with Crippen LogP contribution >= 0.6 is 11.3 Å². The van der Waals surface area contributed by atoms with Gasteiger partial charge >= 0.3 is 5.97 Å². The van der Waals surface area contributed by atoms with Crippen LogP contribution in [0.15, 0.2) is 40.8 Å². The lowest BCUT2D eigenvalue weighted by molar-refractivity contribution is -0.145. The van der Waals surface area contributed by atoms with Crippen LogP contribution in [0.4, 0.5) is 0 Å². The Morgan fingerprint density at radius 2 is 1.93 bits per heavy atom. The number of rotatable bonds is 9. The van der Waals surface area contributed by atoms with Crippen LogP contribution in [0.2, 0.25) is 0 Å². The molecule has 0 spiro atoms. The molecule has 0 saturated carbocycles. The van der Waals surface area contributed by atoms with E-state index < -0.39 is 5.97 Å². The lowest BCUT2D eigenvalue weighted by atomic mass is 10.1. The number of carbonyl (C=O) groups is 1. The Balaban J connectivity index is 1.83. The molecular weight excluding hydrogens is 380 g/mol. The average molecular weight is 402 g/mol. The second-order valence-electron chi connectivity index (χ2n) is 5.88. The second-order valence-corrected chi connectivity index (χ2v) is 6.74. The average Bonchev–Trinajstić information content (AvgIpc) is 3.13. The highest BCUT2D eigenvalue weighted by atomic mass is 32.1. The first-order valence-electron chi connectivity index (χ1n) is 9.07. The van der Waals surface area contributed by atoms with E-state index in [9.17, 15) is 9.59 Å². The number of thiophene rings is 1. The zero-order chi connectivity index (χ0) is 19.9. The summed E-state index contributed by atoms with van der Waals surface area (Å²) in [5, 5.41) is 2.40. The molecule has 148 valence electrons. The van der Waals surface area contributed by atoms with E-state index in [4.69, 9.17) is 14.2 Å². The molecule has 2 aromatic heterocycles. The number of hydrogen-bond acceptors (Lipinski definition) is 7. The molecule has 0 N–H and O–H groups in total. The van der Waals surface area contributed by atoms with Gasteiger partial charge in [0.1, 0.15) is 23.7 Å². The third kappa shape index (κ3) is 4.58. The van der Waals surface area contributed by atoms with Gasteiger partial charge in [0.25, 0.3) is 5.56 Å². The predicted octanol–water partition coefficient (Wildman–Crippen LogP) is 3.10. The molecule has 0 amide bonds. The maximum absolute atomic E-state index is 12.9. The Bertz CT molecular complexity index is 994. The Labute approximate surface area is 166 Å². The van der Waals surface area contributed by atoms with Crippen molar-refractivity contribution in [3.8, 4) is 16.9 Å². The van der Waals surface area contributed by atoms with Gasteiger partial charge in [-0.15, -0.1) is 11.3 Å². The quantitative estimate of drug-likeness (QED) is 0.404. The minimum Gasteiger partial charge on any atom is -0.494 e. The molecule has 0 aliphatic carbocycles. The number of aromatic nitrogens is 2. The molecule has 28 heavy (non-hydrogen) atoms. The Hall–Kier alpha value is -2.71. The Morgan fingerprint density at radius 1 is 1.14 bits per heavy atom. The van der Waals surface area contributed by atoms with E-state index in [0.29, 0.717) is 30.0 Å². The molecule has 0 unspecified atom stereocenters. The summed E-state index contributed by atoms with van der Waals surface area (Å²) >= 11 is 1.40. The van der Waals surface area contributed by atoms with Gasteiger partial charge in [0.15, 0.2) is 0 Å². The zero-order valence-corrected chi connectivity index (χ0v) is 16.7. The molecule has 0 aliphatic rings. The third-order valence-corrected chi connectivity index (χ3v) is 4.92. The summed E-state index contributed by atoms with van der Waals surface area (Å²) in [5.41, 5.74) is 1.42. The van der Waals surface area contributed by atoms with Gasteiger partial charge in [-0.25, -0.2) is 4.98 Å². The molecule has 3 aromatic rings. The third-order valence-electron chi connectivity index (χ3n) is 4.03. The minimum absolute atomic E-state index is 0.160. The summed E-state index contributed by atoms with van der Waals surface area (Å²) in [6, 6.07) is 7.55. The number of nitrogens with zero attached hydrogens (tertiary/aromatic N) is 2. The zero-order valence-electron chi connectivity index (χ0n) is 15.8. The molecule has 7 nitrogen and oxygen atoms in total. The van der Waals surface area contributed by atoms with E-state index in [-0.39, 0.29) is 18.7 Å². The van der Waals surface area contributed by atoms with Crippen molar-refractivity contribution in [2.24, 2.45) is 0 Å². The number of ether oxygens (including phenoxy) is 3. The van der Waals surface area contributed by atoms with Crippen molar-refractivity contribution in [3.63, 3.8) is 0 Å². The number of benzene rings is 1. The van der Waals surface area contributed by atoms with E-state index in [1.807, 2.05) is 43.5 Å². The first-order chi connectivity index (χ1) is 13.6. The maximum atomic E-state index is 12.9. The van der Waals surface area contributed by atoms with Crippen LogP contribution in [0.3, 0.4) is 0 Å². The fourth-order valence-electron chi connectivity index (χ4n) is 2.73. The smallest absolute Gasteiger partial charge is 0.326 e. The lowest BCUT2D eigenvalue weighted by Gasteiger charge is -2.08. The summed E-state index contributed by atoms with van der Waals surface area (Å²) in [6.07, 6.45) is 1.38. The summed E-state index contributed by atoms with van der Waals surface area (Å²) in [7, 11) is 0. The molecule has 0 saturated heterocycles. The summed E-state index contributed by atoms with van der Waals surface area (Å²) < 4.78 is 17.0. The number of hydrogen-bond donors (Lipinski definition) is 0. The van der Waals surface area contributed by atoms with Crippen LogP contribution < -0.4 is 10.3 Å². The van der Waals surface area contributed by atoms with Gasteiger partial charge in [-0.05, 0) is 31.5 Å². The Morgan fingerprint density at radius 3 is 2.64 bits per heavy atom. The van der Waals surface area contributed by atoms with Crippen LogP contribution in [0, 0.1) is 0 Å². The van der Waals surface area contributed by atoms with Crippen LogP contribution in [0.1, 0.15) is 13.8 Å². The molecule has 0 bridgehead atoms. The van der Waals surface area contributed by atoms with E-state index >= 15 is 0 Å². The SMILES string of the molecule is CCOCCOC(=O)Cn1cnc2scc(-c3ccc(OCC)cc3)c2c1=O. The molecule has 8 heteroatoms. The van der Waals surface area contributed by atoms with Crippen molar-refractivity contribution in [3.05, 3.63) is 46.3 Å².